The normalized spacial score (nSPS) is 26.7. The Hall–Kier alpha value is -1.59. The number of nitrogens with zero attached hydrogens (tertiary/aromatic N) is 1. The van der Waals surface area contributed by atoms with E-state index in [1.54, 1.807) is 0 Å². The third-order valence-corrected chi connectivity index (χ3v) is 1.95. The molecular weight excluding hydrogens is 180 g/mol. The van der Waals surface area contributed by atoms with Gasteiger partial charge in [-0.15, -0.1) is 0 Å². The number of halogens is 2. The second kappa shape index (κ2) is 2.45. The molecule has 1 unspecified atom stereocenters. The molecule has 4 nitrogen and oxygen atoms in total. The van der Waals surface area contributed by atoms with Gasteiger partial charge in [-0.3, -0.25) is 0 Å². The zero-order valence-corrected chi connectivity index (χ0v) is 6.77. The van der Waals surface area contributed by atoms with Crippen LogP contribution in [0.25, 0.3) is 0 Å². The third-order valence-electron chi connectivity index (χ3n) is 1.95. The molecule has 0 radical (unpaired) electrons. The summed E-state index contributed by atoms with van der Waals surface area (Å²) >= 11 is 0. The zero-order valence-electron chi connectivity index (χ0n) is 6.77. The average molecular weight is 187 g/mol. The Labute approximate surface area is 72.9 Å². The van der Waals surface area contributed by atoms with Crippen molar-refractivity contribution in [2.24, 2.45) is 0 Å². The van der Waals surface area contributed by atoms with E-state index in [1.807, 2.05) is 0 Å². The molecule has 2 rings (SSSR count). The van der Waals surface area contributed by atoms with Crippen LogP contribution in [0.2, 0.25) is 0 Å². The first-order chi connectivity index (χ1) is 6.09. The van der Waals surface area contributed by atoms with Gasteiger partial charge in [0.1, 0.15) is 6.17 Å². The van der Waals surface area contributed by atoms with Crippen molar-refractivity contribution < 1.29 is 13.6 Å². The topological polar surface area (TPSA) is 44.4 Å². The largest absolute Gasteiger partial charge is 0.335 e. The highest BCUT2D eigenvalue weighted by Gasteiger charge is 2.35. The molecule has 2 N–H and O–H groups in total. The Morgan fingerprint density at radius 3 is 2.85 bits per heavy atom. The summed E-state index contributed by atoms with van der Waals surface area (Å²) in [5.74, 6) is -1.98. The highest BCUT2D eigenvalue weighted by atomic mass is 19.2. The fourth-order valence-electron chi connectivity index (χ4n) is 1.26. The van der Waals surface area contributed by atoms with E-state index in [9.17, 15) is 13.6 Å². The summed E-state index contributed by atoms with van der Waals surface area (Å²) < 4.78 is 25.6. The fourth-order valence-corrected chi connectivity index (χ4v) is 1.26. The molecule has 0 fully saturated rings. The molecule has 0 bridgehead atoms. The maximum atomic E-state index is 12.9. The average Bonchev–Trinajstić information content (AvgIpc) is 2.32. The van der Waals surface area contributed by atoms with Crippen LogP contribution in [0.5, 0.6) is 0 Å². The highest BCUT2D eigenvalue weighted by Crippen LogP contribution is 2.27. The van der Waals surface area contributed by atoms with Gasteiger partial charge in [-0.25, -0.2) is 9.18 Å². The summed E-state index contributed by atoms with van der Waals surface area (Å²) in [6.45, 7) is 0. The van der Waals surface area contributed by atoms with Gasteiger partial charge in [0.05, 0.1) is 5.57 Å². The van der Waals surface area contributed by atoms with Crippen LogP contribution >= 0.6 is 0 Å². The van der Waals surface area contributed by atoms with Crippen molar-refractivity contribution in [3.05, 3.63) is 23.6 Å². The van der Waals surface area contributed by atoms with Gasteiger partial charge in [0, 0.05) is 13.2 Å². The predicted octanol–water partition coefficient (Wildman–Crippen LogP) is 0.563. The van der Waals surface area contributed by atoms with Gasteiger partial charge in [-0.05, 0) is 0 Å². The number of carbonyl (C=O) groups excluding carboxylic acids is 1. The van der Waals surface area contributed by atoms with Crippen LogP contribution in [0.1, 0.15) is 0 Å². The van der Waals surface area contributed by atoms with E-state index in [1.165, 1.54) is 13.2 Å². The van der Waals surface area contributed by atoms with Crippen LogP contribution in [0.15, 0.2) is 23.6 Å². The second-order valence-electron chi connectivity index (χ2n) is 2.85. The van der Waals surface area contributed by atoms with Crippen LogP contribution in [0.3, 0.4) is 0 Å². The first kappa shape index (κ1) is 8.03. The van der Waals surface area contributed by atoms with Gasteiger partial charge < -0.3 is 15.5 Å². The SMILES string of the molecule is CN1C=C2C(F)=C(F)NC2NC1=O. The maximum Gasteiger partial charge on any atom is 0.323 e. The van der Waals surface area contributed by atoms with E-state index < -0.39 is 24.0 Å². The molecule has 70 valence electrons. The van der Waals surface area contributed by atoms with Crippen molar-refractivity contribution in [2.45, 2.75) is 6.17 Å². The quantitative estimate of drug-likeness (QED) is 0.544. The minimum atomic E-state index is -1.04. The molecule has 1 atom stereocenters. The smallest absolute Gasteiger partial charge is 0.323 e. The number of nitrogens with one attached hydrogen (secondary N) is 2. The number of hydrogen-bond donors (Lipinski definition) is 2. The molecule has 0 spiro atoms. The monoisotopic (exact) mass is 187 g/mol. The summed E-state index contributed by atoms with van der Waals surface area (Å²) in [7, 11) is 1.46. The molecule has 6 heteroatoms. The second-order valence-corrected chi connectivity index (χ2v) is 2.85. The molecule has 13 heavy (non-hydrogen) atoms. The van der Waals surface area contributed by atoms with Crippen LogP contribution in [0, 0.1) is 0 Å². The van der Waals surface area contributed by atoms with Gasteiger partial charge in [-0.2, -0.15) is 4.39 Å². The van der Waals surface area contributed by atoms with Gasteiger partial charge in [0.15, 0.2) is 5.83 Å². The Morgan fingerprint density at radius 2 is 2.15 bits per heavy atom. The lowest BCUT2D eigenvalue weighted by atomic mass is 10.2. The summed E-state index contributed by atoms with van der Waals surface area (Å²) in [6.07, 6.45) is 0.488. The van der Waals surface area contributed by atoms with Crippen molar-refractivity contribution in [1.29, 1.82) is 0 Å². The van der Waals surface area contributed by atoms with Crippen molar-refractivity contribution in [3.63, 3.8) is 0 Å². The molecule has 2 amide bonds. The number of fused-ring (bicyclic) bond motifs is 1. The number of carbonyl (C=O) groups is 1. The minimum Gasteiger partial charge on any atom is -0.335 e. The molecule has 0 saturated heterocycles. The third kappa shape index (κ3) is 1.06. The Balaban J connectivity index is 2.37. The van der Waals surface area contributed by atoms with E-state index in [0.717, 1.165) is 4.90 Å². The molecule has 0 aliphatic carbocycles. The molecule has 0 aromatic heterocycles. The molecule has 0 saturated carbocycles. The lowest BCUT2D eigenvalue weighted by Crippen LogP contribution is -2.50. The molecule has 2 aliphatic rings. The first-order valence-electron chi connectivity index (χ1n) is 3.67. The van der Waals surface area contributed by atoms with Crippen LogP contribution in [-0.4, -0.2) is 24.1 Å². The lowest BCUT2D eigenvalue weighted by molar-refractivity contribution is 0.214. The van der Waals surface area contributed by atoms with E-state index >= 15 is 0 Å². The first-order valence-corrected chi connectivity index (χ1v) is 3.67. The van der Waals surface area contributed by atoms with Crippen molar-refractivity contribution in [2.75, 3.05) is 7.05 Å². The summed E-state index contributed by atoms with van der Waals surface area (Å²) in [5, 5.41) is 4.54. The van der Waals surface area contributed by atoms with E-state index in [-0.39, 0.29) is 5.57 Å². The highest BCUT2D eigenvalue weighted by molar-refractivity contribution is 5.78. The molecular formula is C7H7F2N3O. The minimum absolute atomic E-state index is 0.111. The molecule has 2 aliphatic heterocycles. The van der Waals surface area contributed by atoms with Gasteiger partial charge >= 0.3 is 6.03 Å². The Kier molecular flexibility index (Phi) is 1.51. The van der Waals surface area contributed by atoms with E-state index in [4.69, 9.17) is 0 Å². The van der Waals surface area contributed by atoms with Gasteiger partial charge in [-0.1, -0.05) is 0 Å². The lowest BCUT2D eigenvalue weighted by Gasteiger charge is -2.25. The Morgan fingerprint density at radius 1 is 1.46 bits per heavy atom. The van der Waals surface area contributed by atoms with E-state index in [2.05, 4.69) is 10.6 Å². The summed E-state index contributed by atoms with van der Waals surface area (Å²) in [4.78, 5) is 12.2. The van der Waals surface area contributed by atoms with Crippen molar-refractivity contribution >= 4 is 6.03 Å². The van der Waals surface area contributed by atoms with E-state index in [0.29, 0.717) is 0 Å². The molecule has 0 aromatic rings. The van der Waals surface area contributed by atoms with Crippen LogP contribution in [-0.2, 0) is 0 Å². The van der Waals surface area contributed by atoms with Crippen LogP contribution in [0.4, 0.5) is 13.6 Å². The van der Waals surface area contributed by atoms with Crippen molar-refractivity contribution in [3.8, 4) is 0 Å². The fraction of sp³-hybridized carbons (Fsp3) is 0.286. The molecule has 0 aromatic carbocycles. The van der Waals surface area contributed by atoms with Crippen LogP contribution < -0.4 is 10.6 Å². The number of amides is 2. The number of rotatable bonds is 0. The Bertz CT molecular complexity index is 337. The maximum absolute atomic E-state index is 12.9. The zero-order chi connectivity index (χ0) is 9.59. The van der Waals surface area contributed by atoms with Crippen molar-refractivity contribution in [1.82, 2.24) is 15.5 Å². The standard InChI is InChI=1S/C7H7F2N3O/c1-12-2-3-4(8)5(9)10-6(3)11-7(12)13/h2,6,10H,1H3,(H,11,13). The number of hydrogen-bond acceptors (Lipinski definition) is 2. The number of urea groups is 1. The summed E-state index contributed by atoms with van der Waals surface area (Å²) in [5.41, 5.74) is 0.111. The molecule has 2 heterocycles. The van der Waals surface area contributed by atoms with Gasteiger partial charge in [0.2, 0.25) is 5.95 Å². The summed E-state index contributed by atoms with van der Waals surface area (Å²) in [6, 6.07) is -0.399. The van der Waals surface area contributed by atoms with Gasteiger partial charge in [0.25, 0.3) is 0 Å². The predicted molar refractivity (Wildman–Crippen MR) is 40.5 cm³/mol.